The van der Waals surface area contributed by atoms with Crippen molar-refractivity contribution in [1.29, 1.82) is 0 Å². The first kappa shape index (κ1) is 18.8. The molecule has 0 saturated heterocycles. The average molecular weight is 355 g/mol. The lowest BCUT2D eigenvalue weighted by Gasteiger charge is -2.16. The first-order chi connectivity index (χ1) is 13.0. The molecule has 0 aliphatic heterocycles. The monoisotopic (exact) mass is 355 g/mol. The number of nitrogens with zero attached hydrogens (tertiary/aromatic N) is 1. The van der Waals surface area contributed by atoms with Crippen molar-refractivity contribution < 1.29 is 4.79 Å². The lowest BCUT2D eigenvalue weighted by molar-refractivity contribution is 0.103. The van der Waals surface area contributed by atoms with Crippen LogP contribution in [-0.2, 0) is 6.54 Å². The molecule has 0 aromatic heterocycles. The highest BCUT2D eigenvalue weighted by Crippen LogP contribution is 2.22. The fraction of sp³-hybridized carbons (Fsp3) is 0.160. The van der Waals surface area contributed by atoms with Gasteiger partial charge in [-0.25, -0.2) is 0 Å². The zero-order valence-corrected chi connectivity index (χ0v) is 16.0. The first-order valence-electron chi connectivity index (χ1n) is 9.15. The highest BCUT2D eigenvalue weighted by atomic mass is 16.1. The van der Waals surface area contributed by atoms with Crippen molar-refractivity contribution in [2.45, 2.75) is 13.5 Å². The Morgan fingerprint density at radius 1 is 0.815 bits per heavy atom. The number of rotatable bonds is 7. The number of likely N-dealkylation sites (N-methyl/N-ethyl adjacent to an activating group) is 1. The molecule has 0 N–H and O–H groups in total. The van der Waals surface area contributed by atoms with Crippen LogP contribution in [0.1, 0.15) is 28.4 Å². The van der Waals surface area contributed by atoms with E-state index in [1.54, 1.807) is 0 Å². The summed E-state index contributed by atoms with van der Waals surface area (Å²) in [4.78, 5) is 14.8. The van der Waals surface area contributed by atoms with Gasteiger partial charge >= 0.3 is 0 Å². The van der Waals surface area contributed by atoms with Crippen LogP contribution in [0.5, 0.6) is 0 Å². The van der Waals surface area contributed by atoms with E-state index in [0.29, 0.717) is 11.1 Å². The molecule has 0 saturated carbocycles. The van der Waals surface area contributed by atoms with Crippen molar-refractivity contribution in [3.8, 4) is 11.1 Å². The second kappa shape index (κ2) is 8.61. The van der Waals surface area contributed by atoms with Crippen molar-refractivity contribution in [3.63, 3.8) is 0 Å². The number of hydrogen-bond donors (Lipinski definition) is 0. The zero-order chi connectivity index (χ0) is 19.2. The van der Waals surface area contributed by atoms with Crippen LogP contribution in [0.4, 0.5) is 0 Å². The van der Waals surface area contributed by atoms with Crippen molar-refractivity contribution >= 4 is 5.78 Å². The molecular formula is C25H25NO. The molecule has 0 atom stereocenters. The summed E-state index contributed by atoms with van der Waals surface area (Å²) in [6.07, 6.45) is 0. The van der Waals surface area contributed by atoms with E-state index in [0.717, 1.165) is 24.2 Å². The van der Waals surface area contributed by atoms with Crippen molar-refractivity contribution in [2.24, 2.45) is 0 Å². The Kier molecular flexibility index (Phi) is 6.00. The van der Waals surface area contributed by atoms with Gasteiger partial charge in [0.1, 0.15) is 0 Å². The van der Waals surface area contributed by atoms with E-state index < -0.39 is 0 Å². The molecular weight excluding hydrogens is 330 g/mol. The van der Waals surface area contributed by atoms with E-state index in [4.69, 9.17) is 0 Å². The SMILES string of the molecule is C=C(C)CN(C)Cc1ccc(-c2ccc(C(=O)c3ccccc3)cc2)cc1. The number of carbonyl (C=O) groups is 1. The van der Waals surface area contributed by atoms with Crippen molar-refractivity contribution in [3.05, 3.63) is 108 Å². The van der Waals surface area contributed by atoms with Gasteiger partial charge in [-0.05, 0) is 30.7 Å². The van der Waals surface area contributed by atoms with Gasteiger partial charge in [0.05, 0.1) is 0 Å². The summed E-state index contributed by atoms with van der Waals surface area (Å²) in [5.74, 6) is 0.0537. The molecule has 0 fully saturated rings. The fourth-order valence-corrected chi connectivity index (χ4v) is 3.20. The highest BCUT2D eigenvalue weighted by Gasteiger charge is 2.08. The van der Waals surface area contributed by atoms with Gasteiger partial charge in [-0.2, -0.15) is 0 Å². The van der Waals surface area contributed by atoms with Crippen LogP contribution in [0, 0.1) is 0 Å². The van der Waals surface area contributed by atoms with Crippen molar-refractivity contribution in [1.82, 2.24) is 4.90 Å². The molecule has 27 heavy (non-hydrogen) atoms. The number of carbonyl (C=O) groups excluding carboxylic acids is 1. The minimum Gasteiger partial charge on any atom is -0.298 e. The fourth-order valence-electron chi connectivity index (χ4n) is 3.20. The van der Waals surface area contributed by atoms with E-state index >= 15 is 0 Å². The van der Waals surface area contributed by atoms with Gasteiger partial charge in [0.15, 0.2) is 5.78 Å². The number of ketones is 1. The highest BCUT2D eigenvalue weighted by molar-refractivity contribution is 6.09. The Morgan fingerprint density at radius 3 is 1.89 bits per heavy atom. The standard InChI is InChI=1S/C25H25NO/c1-19(2)17-26(3)18-20-9-11-21(12-10-20)22-13-15-24(16-14-22)25(27)23-7-5-4-6-8-23/h4-16H,1,17-18H2,2-3H3. The quantitative estimate of drug-likeness (QED) is 0.406. The van der Waals surface area contributed by atoms with Gasteiger partial charge < -0.3 is 0 Å². The molecule has 0 unspecified atom stereocenters. The molecule has 0 bridgehead atoms. The van der Waals surface area contributed by atoms with Gasteiger partial charge in [0.2, 0.25) is 0 Å². The predicted octanol–water partition coefficient (Wildman–Crippen LogP) is 5.59. The lowest BCUT2D eigenvalue weighted by Crippen LogP contribution is -2.19. The predicted molar refractivity (Wildman–Crippen MR) is 113 cm³/mol. The summed E-state index contributed by atoms with van der Waals surface area (Å²) >= 11 is 0. The summed E-state index contributed by atoms with van der Waals surface area (Å²) in [5, 5.41) is 0. The van der Waals surface area contributed by atoms with Gasteiger partial charge in [0.25, 0.3) is 0 Å². The lowest BCUT2D eigenvalue weighted by atomic mass is 9.99. The maximum absolute atomic E-state index is 12.5. The smallest absolute Gasteiger partial charge is 0.193 e. The maximum Gasteiger partial charge on any atom is 0.193 e. The summed E-state index contributed by atoms with van der Waals surface area (Å²) in [7, 11) is 2.10. The first-order valence-corrected chi connectivity index (χ1v) is 9.15. The second-order valence-corrected chi connectivity index (χ2v) is 7.10. The van der Waals surface area contributed by atoms with Crippen LogP contribution in [0.15, 0.2) is 91.0 Å². The summed E-state index contributed by atoms with van der Waals surface area (Å²) in [6, 6.07) is 25.8. The van der Waals surface area contributed by atoms with Crippen LogP contribution in [0.3, 0.4) is 0 Å². The summed E-state index contributed by atoms with van der Waals surface area (Å²) < 4.78 is 0. The third-order valence-corrected chi connectivity index (χ3v) is 4.46. The molecule has 0 aliphatic carbocycles. The molecule has 0 amide bonds. The minimum atomic E-state index is 0.0537. The van der Waals surface area contributed by atoms with Crippen LogP contribution < -0.4 is 0 Å². The van der Waals surface area contributed by atoms with Gasteiger partial charge in [0, 0.05) is 24.2 Å². The molecule has 0 spiro atoms. The normalized spacial score (nSPS) is 10.8. The Morgan fingerprint density at radius 2 is 1.33 bits per heavy atom. The maximum atomic E-state index is 12.5. The van der Waals surface area contributed by atoms with Crippen LogP contribution in [0.2, 0.25) is 0 Å². The molecule has 3 rings (SSSR count). The van der Waals surface area contributed by atoms with E-state index in [1.807, 2.05) is 61.5 Å². The molecule has 2 heteroatoms. The van der Waals surface area contributed by atoms with Gasteiger partial charge in [-0.1, -0.05) is 91.0 Å². The number of benzene rings is 3. The van der Waals surface area contributed by atoms with E-state index in [9.17, 15) is 4.79 Å². The second-order valence-electron chi connectivity index (χ2n) is 7.10. The van der Waals surface area contributed by atoms with Gasteiger partial charge in [-0.3, -0.25) is 9.69 Å². The Bertz CT molecular complexity index is 909. The Labute approximate surface area is 161 Å². The van der Waals surface area contributed by atoms with Gasteiger partial charge in [-0.15, -0.1) is 0 Å². The van der Waals surface area contributed by atoms with Crippen LogP contribution in [-0.4, -0.2) is 24.3 Å². The van der Waals surface area contributed by atoms with Crippen LogP contribution in [0.25, 0.3) is 11.1 Å². The Hall–Kier alpha value is -2.97. The van der Waals surface area contributed by atoms with E-state index in [-0.39, 0.29) is 5.78 Å². The van der Waals surface area contributed by atoms with Crippen LogP contribution >= 0.6 is 0 Å². The minimum absolute atomic E-state index is 0.0537. The average Bonchev–Trinajstić information content (AvgIpc) is 2.68. The molecule has 0 aliphatic rings. The molecule has 136 valence electrons. The largest absolute Gasteiger partial charge is 0.298 e. The topological polar surface area (TPSA) is 20.3 Å². The molecule has 2 nitrogen and oxygen atoms in total. The Balaban J connectivity index is 1.70. The van der Waals surface area contributed by atoms with Crippen molar-refractivity contribution in [2.75, 3.05) is 13.6 Å². The molecule has 3 aromatic rings. The summed E-state index contributed by atoms with van der Waals surface area (Å²) in [5.41, 5.74) is 6.13. The number of hydrogen-bond acceptors (Lipinski definition) is 2. The third kappa shape index (κ3) is 5.02. The molecule has 3 aromatic carbocycles. The third-order valence-electron chi connectivity index (χ3n) is 4.46. The van der Waals surface area contributed by atoms with E-state index in [1.165, 1.54) is 11.1 Å². The van der Waals surface area contributed by atoms with E-state index in [2.05, 4.69) is 42.8 Å². The molecule has 0 heterocycles. The zero-order valence-electron chi connectivity index (χ0n) is 16.0. The summed E-state index contributed by atoms with van der Waals surface area (Å²) in [6.45, 7) is 7.81. The molecule has 0 radical (unpaired) electrons.